The summed E-state index contributed by atoms with van der Waals surface area (Å²) in [5.74, 6) is -37.1. The highest BCUT2D eigenvalue weighted by Gasteiger charge is 3.01. The number of hydrogen-bond donors (Lipinski definition) is 1. The largest absolute Gasteiger partial charge is 0.462 e. The first-order valence-electron chi connectivity index (χ1n) is 8.73. The van der Waals surface area contributed by atoms with Crippen molar-refractivity contribution in [3.63, 3.8) is 0 Å². The molecule has 3 nitrogen and oxygen atoms in total. The van der Waals surface area contributed by atoms with Crippen LogP contribution in [0.3, 0.4) is 0 Å². The Morgan fingerprint density at radius 3 is 1.75 bits per heavy atom. The van der Waals surface area contributed by atoms with E-state index in [2.05, 4.69) is 4.74 Å². The third-order valence-corrected chi connectivity index (χ3v) is 5.16. The standard InChI is InChI=1S/C18H15F11O3/c1-3-32-11(30)9-5-4-6-10(7-9)12(2,31)8-13(19)14(20,21)16(24,25)18(28,29)17(26,27)15(13,22)23/h4-7,31H,3,8H2,1-2H3. The van der Waals surface area contributed by atoms with Gasteiger partial charge in [-0.3, -0.25) is 0 Å². The molecule has 0 spiro atoms. The average molecular weight is 488 g/mol. The second-order valence-electron chi connectivity index (χ2n) is 7.43. The van der Waals surface area contributed by atoms with Crippen molar-refractivity contribution < 1.29 is 62.9 Å². The normalized spacial score (nSPS) is 26.1. The maximum Gasteiger partial charge on any atom is 0.384 e. The minimum absolute atomic E-state index is 0.163. The Balaban J connectivity index is 2.65. The van der Waals surface area contributed by atoms with Crippen LogP contribution >= 0.6 is 0 Å². The summed E-state index contributed by atoms with van der Waals surface area (Å²) < 4.78 is 157. The van der Waals surface area contributed by atoms with Gasteiger partial charge in [0.1, 0.15) is 0 Å². The van der Waals surface area contributed by atoms with Crippen molar-refractivity contribution in [3.05, 3.63) is 35.4 Å². The third-order valence-electron chi connectivity index (χ3n) is 5.16. The van der Waals surface area contributed by atoms with Gasteiger partial charge in [-0.05, 0) is 31.5 Å². The van der Waals surface area contributed by atoms with Crippen LogP contribution in [0.5, 0.6) is 0 Å². The monoisotopic (exact) mass is 488 g/mol. The van der Waals surface area contributed by atoms with E-state index in [9.17, 15) is 58.2 Å². The predicted octanol–water partition coefficient (Wildman–Crippen LogP) is 5.36. The first kappa shape index (κ1) is 26.1. The van der Waals surface area contributed by atoms with Gasteiger partial charge in [0.05, 0.1) is 17.8 Å². The van der Waals surface area contributed by atoms with Crippen molar-refractivity contribution in [2.45, 2.75) is 61.2 Å². The number of ether oxygens (including phenoxy) is 1. The summed E-state index contributed by atoms with van der Waals surface area (Å²) in [6.07, 6.45) is -2.87. The summed E-state index contributed by atoms with van der Waals surface area (Å²) in [5.41, 5.74) is -10.9. The lowest BCUT2D eigenvalue weighted by molar-refractivity contribution is -0.488. The number of carbonyl (C=O) groups excluding carboxylic acids is 1. The Kier molecular flexibility index (Phi) is 5.87. The van der Waals surface area contributed by atoms with Gasteiger partial charge in [0, 0.05) is 6.42 Å². The molecule has 0 aromatic heterocycles. The zero-order valence-electron chi connectivity index (χ0n) is 16.1. The fourth-order valence-corrected chi connectivity index (χ4v) is 3.28. The number of halogens is 11. The Hall–Kier alpha value is -2.12. The minimum atomic E-state index is -7.34. The lowest BCUT2D eigenvalue weighted by Gasteiger charge is -2.53. The molecule has 1 atom stereocenters. The Morgan fingerprint density at radius 2 is 1.31 bits per heavy atom. The van der Waals surface area contributed by atoms with Crippen LogP contribution in [0, 0.1) is 0 Å². The summed E-state index contributed by atoms with van der Waals surface area (Å²) in [6.45, 7) is 1.53. The molecule has 1 unspecified atom stereocenters. The highest BCUT2D eigenvalue weighted by Crippen LogP contribution is 2.71. The molecule has 1 fully saturated rings. The van der Waals surface area contributed by atoms with Crippen molar-refractivity contribution in [2.24, 2.45) is 0 Å². The molecule has 1 aromatic carbocycles. The number of rotatable bonds is 5. The van der Waals surface area contributed by atoms with Gasteiger partial charge in [0.15, 0.2) is 0 Å². The van der Waals surface area contributed by atoms with E-state index in [4.69, 9.17) is 0 Å². The van der Waals surface area contributed by atoms with Crippen LogP contribution in [-0.2, 0) is 10.3 Å². The molecule has 182 valence electrons. The number of hydrogen-bond acceptors (Lipinski definition) is 3. The number of alkyl halides is 11. The molecular formula is C18H15F11O3. The predicted molar refractivity (Wildman–Crippen MR) is 85.2 cm³/mol. The molecule has 1 N–H and O–H groups in total. The number of esters is 1. The SMILES string of the molecule is CCOC(=O)c1cccc(C(C)(O)CC2(F)C(F)(F)C(F)(F)C(F)(F)C(F)(F)C2(F)F)c1. The lowest BCUT2D eigenvalue weighted by atomic mass is 9.67. The fourth-order valence-electron chi connectivity index (χ4n) is 3.28. The van der Waals surface area contributed by atoms with Gasteiger partial charge in [-0.15, -0.1) is 0 Å². The smallest absolute Gasteiger partial charge is 0.384 e. The quantitative estimate of drug-likeness (QED) is 0.449. The molecule has 2 rings (SSSR count). The Labute approximate surface area is 173 Å². The maximum absolute atomic E-state index is 15.0. The van der Waals surface area contributed by atoms with Gasteiger partial charge < -0.3 is 9.84 Å². The lowest BCUT2D eigenvalue weighted by Crippen LogP contribution is -2.84. The van der Waals surface area contributed by atoms with E-state index in [-0.39, 0.29) is 6.61 Å². The second-order valence-corrected chi connectivity index (χ2v) is 7.43. The number of aliphatic hydroxyl groups is 1. The van der Waals surface area contributed by atoms with E-state index in [1.807, 2.05) is 0 Å². The highest BCUT2D eigenvalue weighted by atomic mass is 19.4. The topological polar surface area (TPSA) is 46.5 Å². The van der Waals surface area contributed by atoms with Crippen molar-refractivity contribution in [1.29, 1.82) is 0 Å². The van der Waals surface area contributed by atoms with Crippen molar-refractivity contribution >= 4 is 5.97 Å². The average Bonchev–Trinajstić information content (AvgIpc) is 2.66. The summed E-state index contributed by atoms with van der Waals surface area (Å²) in [7, 11) is 0. The molecule has 0 aliphatic heterocycles. The number of benzene rings is 1. The maximum atomic E-state index is 15.0. The van der Waals surface area contributed by atoms with Crippen LogP contribution in [-0.4, -0.2) is 53.0 Å². The molecule has 0 amide bonds. The number of carbonyl (C=O) groups is 1. The van der Waals surface area contributed by atoms with Crippen molar-refractivity contribution in [1.82, 2.24) is 0 Å². The molecule has 0 heterocycles. The highest BCUT2D eigenvalue weighted by molar-refractivity contribution is 5.89. The van der Waals surface area contributed by atoms with E-state index in [1.54, 1.807) is 0 Å². The summed E-state index contributed by atoms with van der Waals surface area (Å²) >= 11 is 0. The van der Waals surface area contributed by atoms with Crippen LogP contribution in [0.15, 0.2) is 24.3 Å². The minimum Gasteiger partial charge on any atom is -0.462 e. The zero-order valence-corrected chi connectivity index (χ0v) is 16.1. The van der Waals surface area contributed by atoms with Gasteiger partial charge in [-0.1, -0.05) is 12.1 Å². The first-order chi connectivity index (χ1) is 14.2. The van der Waals surface area contributed by atoms with Crippen LogP contribution in [0.2, 0.25) is 0 Å². The van der Waals surface area contributed by atoms with Gasteiger partial charge in [-0.2, -0.15) is 43.9 Å². The molecular weight excluding hydrogens is 473 g/mol. The summed E-state index contributed by atoms with van der Waals surface area (Å²) in [4.78, 5) is 11.7. The van der Waals surface area contributed by atoms with E-state index < -0.39 is 64.4 Å². The molecule has 0 radical (unpaired) electrons. The fraction of sp³-hybridized carbons (Fsp3) is 0.611. The van der Waals surface area contributed by atoms with E-state index in [0.29, 0.717) is 13.0 Å². The van der Waals surface area contributed by atoms with Crippen LogP contribution in [0.4, 0.5) is 48.3 Å². The summed E-state index contributed by atoms with van der Waals surface area (Å²) in [5, 5.41) is 10.3. The molecule has 14 heteroatoms. The molecule has 1 aromatic rings. The molecule has 1 saturated carbocycles. The molecule has 0 saturated heterocycles. The van der Waals surface area contributed by atoms with Crippen molar-refractivity contribution in [3.8, 4) is 0 Å². The van der Waals surface area contributed by atoms with Crippen LogP contribution < -0.4 is 0 Å². The van der Waals surface area contributed by atoms with E-state index in [1.165, 1.54) is 6.92 Å². The van der Waals surface area contributed by atoms with Crippen LogP contribution in [0.25, 0.3) is 0 Å². The van der Waals surface area contributed by atoms with Gasteiger partial charge in [0.2, 0.25) is 0 Å². The summed E-state index contributed by atoms with van der Waals surface area (Å²) in [6, 6.07) is 3.31. The van der Waals surface area contributed by atoms with Gasteiger partial charge in [0.25, 0.3) is 5.67 Å². The van der Waals surface area contributed by atoms with Crippen LogP contribution in [0.1, 0.15) is 36.2 Å². The van der Waals surface area contributed by atoms with Gasteiger partial charge in [-0.25, -0.2) is 9.18 Å². The third kappa shape index (κ3) is 3.08. The molecule has 32 heavy (non-hydrogen) atoms. The van der Waals surface area contributed by atoms with Crippen molar-refractivity contribution in [2.75, 3.05) is 6.61 Å². The van der Waals surface area contributed by atoms with Gasteiger partial charge >= 0.3 is 35.6 Å². The molecule has 1 aliphatic carbocycles. The first-order valence-corrected chi connectivity index (χ1v) is 8.73. The Bertz CT molecular complexity index is 866. The molecule has 1 aliphatic rings. The second kappa shape index (κ2) is 7.19. The van der Waals surface area contributed by atoms with E-state index in [0.717, 1.165) is 18.2 Å². The molecule has 0 bridgehead atoms. The zero-order chi connectivity index (χ0) is 25.2. The van der Waals surface area contributed by atoms with E-state index >= 15 is 0 Å². The Morgan fingerprint density at radius 1 is 0.875 bits per heavy atom.